The molecule has 0 heterocycles. The van der Waals surface area contributed by atoms with Crippen LogP contribution in [0.4, 0.5) is 5.69 Å². The summed E-state index contributed by atoms with van der Waals surface area (Å²) in [6.45, 7) is 2.70. The van der Waals surface area contributed by atoms with E-state index < -0.39 is 0 Å². The minimum atomic E-state index is 0.671. The number of hydrogen-bond donors (Lipinski definition) is 1. The van der Waals surface area contributed by atoms with E-state index in [-0.39, 0.29) is 0 Å². The molecule has 0 saturated heterocycles. The van der Waals surface area contributed by atoms with Crippen LogP contribution in [0.5, 0.6) is 0 Å². The largest absolute Gasteiger partial charge is 0.379 e. The van der Waals surface area contributed by atoms with Gasteiger partial charge in [0.15, 0.2) is 0 Å². The van der Waals surface area contributed by atoms with E-state index >= 15 is 0 Å². The van der Waals surface area contributed by atoms with E-state index in [1.165, 1.54) is 0 Å². The van der Waals surface area contributed by atoms with Crippen LogP contribution in [0.2, 0.25) is 10.0 Å². The summed E-state index contributed by atoms with van der Waals surface area (Å²) in [6.07, 6.45) is 0. The SMILES string of the molecule is Cc1cccc(Cl)c1NCc1ccccc1Cl. The van der Waals surface area contributed by atoms with Crippen LogP contribution >= 0.6 is 23.2 Å². The molecule has 1 nitrogen and oxygen atoms in total. The first kappa shape index (κ1) is 12.3. The van der Waals surface area contributed by atoms with Gasteiger partial charge in [0.2, 0.25) is 0 Å². The second kappa shape index (κ2) is 5.44. The number of nitrogens with one attached hydrogen (secondary N) is 1. The molecule has 0 unspecified atom stereocenters. The molecule has 0 saturated carbocycles. The quantitative estimate of drug-likeness (QED) is 0.831. The van der Waals surface area contributed by atoms with Crippen LogP contribution < -0.4 is 5.32 Å². The second-order valence-electron chi connectivity index (χ2n) is 3.88. The van der Waals surface area contributed by atoms with Gasteiger partial charge in [0.1, 0.15) is 0 Å². The topological polar surface area (TPSA) is 12.0 Å². The maximum atomic E-state index is 6.14. The molecule has 0 aliphatic carbocycles. The summed E-state index contributed by atoms with van der Waals surface area (Å²) in [7, 11) is 0. The van der Waals surface area contributed by atoms with E-state index in [0.717, 1.165) is 26.9 Å². The van der Waals surface area contributed by atoms with Crippen molar-refractivity contribution >= 4 is 28.9 Å². The van der Waals surface area contributed by atoms with E-state index in [1.807, 2.05) is 49.4 Å². The van der Waals surface area contributed by atoms with Gasteiger partial charge in [-0.1, -0.05) is 53.5 Å². The minimum absolute atomic E-state index is 0.671. The maximum Gasteiger partial charge on any atom is 0.0640 e. The Morgan fingerprint density at radius 1 is 0.941 bits per heavy atom. The monoisotopic (exact) mass is 265 g/mol. The van der Waals surface area contributed by atoms with Crippen LogP contribution in [0.15, 0.2) is 42.5 Å². The molecule has 88 valence electrons. The number of hydrogen-bond acceptors (Lipinski definition) is 1. The Morgan fingerprint density at radius 2 is 1.65 bits per heavy atom. The molecule has 2 aromatic carbocycles. The smallest absolute Gasteiger partial charge is 0.0640 e. The fourth-order valence-electron chi connectivity index (χ4n) is 1.68. The molecule has 0 aromatic heterocycles. The summed E-state index contributed by atoms with van der Waals surface area (Å²) < 4.78 is 0. The highest BCUT2D eigenvalue weighted by atomic mass is 35.5. The molecule has 0 aliphatic rings. The number of para-hydroxylation sites is 1. The van der Waals surface area contributed by atoms with Gasteiger partial charge in [-0.2, -0.15) is 0 Å². The Hall–Kier alpha value is -1.18. The summed E-state index contributed by atoms with van der Waals surface area (Å²) >= 11 is 12.2. The lowest BCUT2D eigenvalue weighted by atomic mass is 10.2. The van der Waals surface area contributed by atoms with Crippen LogP contribution in [-0.2, 0) is 6.54 Å². The predicted octanol–water partition coefficient (Wildman–Crippen LogP) is 4.91. The van der Waals surface area contributed by atoms with Gasteiger partial charge in [-0.25, -0.2) is 0 Å². The molecular formula is C14H13Cl2N. The Morgan fingerprint density at radius 3 is 2.35 bits per heavy atom. The molecule has 17 heavy (non-hydrogen) atoms. The Bertz CT molecular complexity index is 503. The summed E-state index contributed by atoms with van der Waals surface area (Å²) in [5.74, 6) is 0. The number of anilines is 1. The van der Waals surface area contributed by atoms with Crippen molar-refractivity contribution in [2.45, 2.75) is 13.5 Å². The number of benzene rings is 2. The third-order valence-corrected chi connectivity index (χ3v) is 3.32. The summed E-state index contributed by atoms with van der Waals surface area (Å²) in [4.78, 5) is 0. The van der Waals surface area contributed by atoms with Crippen molar-refractivity contribution in [3.8, 4) is 0 Å². The van der Waals surface area contributed by atoms with Crippen molar-refractivity contribution in [2.75, 3.05) is 5.32 Å². The second-order valence-corrected chi connectivity index (χ2v) is 4.69. The Labute approximate surface area is 111 Å². The van der Waals surface area contributed by atoms with Gasteiger partial charge in [-0.15, -0.1) is 0 Å². The summed E-state index contributed by atoms with van der Waals surface area (Å²) in [6, 6.07) is 13.6. The van der Waals surface area contributed by atoms with Gasteiger partial charge in [-0.05, 0) is 30.2 Å². The van der Waals surface area contributed by atoms with Crippen molar-refractivity contribution in [1.29, 1.82) is 0 Å². The van der Waals surface area contributed by atoms with Crippen molar-refractivity contribution in [3.63, 3.8) is 0 Å². The molecular weight excluding hydrogens is 253 g/mol. The molecule has 1 N–H and O–H groups in total. The number of halogens is 2. The summed E-state index contributed by atoms with van der Waals surface area (Å²) in [5.41, 5.74) is 3.16. The highest BCUT2D eigenvalue weighted by Crippen LogP contribution is 2.26. The first-order chi connectivity index (χ1) is 8.18. The lowest BCUT2D eigenvalue weighted by Crippen LogP contribution is -2.02. The zero-order valence-corrected chi connectivity index (χ0v) is 11.0. The first-order valence-corrected chi connectivity index (χ1v) is 6.16. The highest BCUT2D eigenvalue weighted by Gasteiger charge is 2.04. The van der Waals surface area contributed by atoms with Crippen LogP contribution in [0, 0.1) is 6.92 Å². The molecule has 0 amide bonds. The van der Waals surface area contributed by atoms with E-state index in [2.05, 4.69) is 5.32 Å². The standard InChI is InChI=1S/C14H13Cl2N/c1-10-5-4-8-13(16)14(10)17-9-11-6-2-3-7-12(11)15/h2-8,17H,9H2,1H3. The molecule has 0 aliphatic heterocycles. The maximum absolute atomic E-state index is 6.14. The molecule has 0 spiro atoms. The molecule has 0 radical (unpaired) electrons. The molecule has 2 aromatic rings. The Balaban J connectivity index is 2.16. The lowest BCUT2D eigenvalue weighted by molar-refractivity contribution is 1.14. The third kappa shape index (κ3) is 2.93. The third-order valence-electron chi connectivity index (χ3n) is 2.64. The van der Waals surface area contributed by atoms with E-state index in [4.69, 9.17) is 23.2 Å². The molecule has 0 fully saturated rings. The average Bonchev–Trinajstić information content (AvgIpc) is 2.30. The fourth-order valence-corrected chi connectivity index (χ4v) is 2.17. The number of rotatable bonds is 3. The molecule has 0 atom stereocenters. The molecule has 0 bridgehead atoms. The van der Waals surface area contributed by atoms with Crippen molar-refractivity contribution in [1.82, 2.24) is 0 Å². The van der Waals surface area contributed by atoms with Gasteiger partial charge < -0.3 is 5.32 Å². The Kier molecular flexibility index (Phi) is 3.93. The van der Waals surface area contributed by atoms with Gasteiger partial charge in [0.05, 0.1) is 10.7 Å². The number of aryl methyl sites for hydroxylation is 1. The highest BCUT2D eigenvalue weighted by molar-refractivity contribution is 6.33. The first-order valence-electron chi connectivity index (χ1n) is 5.41. The van der Waals surface area contributed by atoms with Crippen LogP contribution in [0.1, 0.15) is 11.1 Å². The average molecular weight is 266 g/mol. The van der Waals surface area contributed by atoms with Crippen LogP contribution in [0.3, 0.4) is 0 Å². The van der Waals surface area contributed by atoms with Crippen LogP contribution in [0.25, 0.3) is 0 Å². The predicted molar refractivity (Wildman–Crippen MR) is 75.0 cm³/mol. The van der Waals surface area contributed by atoms with Gasteiger partial charge in [-0.3, -0.25) is 0 Å². The van der Waals surface area contributed by atoms with Crippen molar-refractivity contribution in [3.05, 3.63) is 63.6 Å². The van der Waals surface area contributed by atoms with E-state index in [1.54, 1.807) is 0 Å². The summed E-state index contributed by atoms with van der Waals surface area (Å²) in [5, 5.41) is 4.82. The minimum Gasteiger partial charge on any atom is -0.379 e. The van der Waals surface area contributed by atoms with Gasteiger partial charge >= 0.3 is 0 Å². The zero-order valence-electron chi connectivity index (χ0n) is 9.50. The molecule has 2 rings (SSSR count). The van der Waals surface area contributed by atoms with E-state index in [9.17, 15) is 0 Å². The van der Waals surface area contributed by atoms with E-state index in [0.29, 0.717) is 6.54 Å². The zero-order chi connectivity index (χ0) is 12.3. The van der Waals surface area contributed by atoms with Crippen molar-refractivity contribution in [2.24, 2.45) is 0 Å². The fraction of sp³-hybridized carbons (Fsp3) is 0.143. The van der Waals surface area contributed by atoms with Gasteiger partial charge in [0, 0.05) is 11.6 Å². The molecule has 3 heteroatoms. The van der Waals surface area contributed by atoms with Crippen LogP contribution in [-0.4, -0.2) is 0 Å². The lowest BCUT2D eigenvalue weighted by Gasteiger charge is -2.12. The van der Waals surface area contributed by atoms with Crippen molar-refractivity contribution < 1.29 is 0 Å². The van der Waals surface area contributed by atoms with Gasteiger partial charge in [0.25, 0.3) is 0 Å². The normalized spacial score (nSPS) is 10.3.